The zero-order valence-corrected chi connectivity index (χ0v) is 10.2. The summed E-state index contributed by atoms with van der Waals surface area (Å²) in [4.78, 5) is 4.19. The van der Waals surface area contributed by atoms with Crippen LogP contribution in [0.4, 0.5) is 0 Å². The molecular weight excluding hydrogens is 224 g/mol. The Labute approximate surface area is 107 Å². The smallest absolute Gasteiger partial charge is 0.0955 e. The SMILES string of the molecule is NC[C@@H]1OCCc2cccc(-c3cccnc3)c21. The van der Waals surface area contributed by atoms with Gasteiger partial charge >= 0.3 is 0 Å². The van der Waals surface area contributed by atoms with E-state index in [1.807, 2.05) is 12.3 Å². The van der Waals surface area contributed by atoms with E-state index in [2.05, 4.69) is 29.2 Å². The molecule has 0 fully saturated rings. The van der Waals surface area contributed by atoms with Crippen LogP contribution in [0.1, 0.15) is 17.2 Å². The zero-order chi connectivity index (χ0) is 12.4. The highest BCUT2D eigenvalue weighted by molar-refractivity contribution is 5.69. The van der Waals surface area contributed by atoms with Crippen molar-refractivity contribution >= 4 is 0 Å². The lowest BCUT2D eigenvalue weighted by atomic mass is 9.90. The summed E-state index contributed by atoms with van der Waals surface area (Å²) in [5.41, 5.74) is 10.7. The van der Waals surface area contributed by atoms with Gasteiger partial charge in [-0.3, -0.25) is 4.98 Å². The Morgan fingerprint density at radius 3 is 3.00 bits per heavy atom. The molecule has 0 bridgehead atoms. The monoisotopic (exact) mass is 240 g/mol. The molecule has 3 heteroatoms. The van der Waals surface area contributed by atoms with Gasteiger partial charge < -0.3 is 10.5 Å². The maximum absolute atomic E-state index is 5.82. The van der Waals surface area contributed by atoms with E-state index < -0.39 is 0 Å². The summed E-state index contributed by atoms with van der Waals surface area (Å²) >= 11 is 0. The number of hydrogen-bond acceptors (Lipinski definition) is 3. The van der Waals surface area contributed by atoms with Crippen LogP contribution >= 0.6 is 0 Å². The fraction of sp³-hybridized carbons (Fsp3) is 0.267. The molecule has 2 N–H and O–H groups in total. The molecule has 0 saturated carbocycles. The van der Waals surface area contributed by atoms with Gasteiger partial charge in [0.15, 0.2) is 0 Å². The first-order valence-corrected chi connectivity index (χ1v) is 6.24. The van der Waals surface area contributed by atoms with E-state index >= 15 is 0 Å². The van der Waals surface area contributed by atoms with Gasteiger partial charge in [-0.05, 0) is 29.2 Å². The fourth-order valence-electron chi connectivity index (χ4n) is 2.57. The Balaban J connectivity index is 2.16. The Morgan fingerprint density at radius 2 is 2.22 bits per heavy atom. The summed E-state index contributed by atoms with van der Waals surface area (Å²) in [6.45, 7) is 1.27. The van der Waals surface area contributed by atoms with E-state index in [0.717, 1.165) is 18.6 Å². The van der Waals surface area contributed by atoms with Crippen LogP contribution in [-0.4, -0.2) is 18.1 Å². The maximum Gasteiger partial charge on any atom is 0.0955 e. The van der Waals surface area contributed by atoms with Crippen LogP contribution in [0.25, 0.3) is 11.1 Å². The highest BCUT2D eigenvalue weighted by Gasteiger charge is 2.23. The van der Waals surface area contributed by atoms with Crippen LogP contribution in [0.5, 0.6) is 0 Å². The second-order valence-electron chi connectivity index (χ2n) is 4.47. The van der Waals surface area contributed by atoms with Gasteiger partial charge in [0.05, 0.1) is 12.7 Å². The van der Waals surface area contributed by atoms with Crippen LogP contribution < -0.4 is 5.73 Å². The predicted molar refractivity (Wildman–Crippen MR) is 71.1 cm³/mol. The Hall–Kier alpha value is -1.71. The van der Waals surface area contributed by atoms with Crippen molar-refractivity contribution in [3.63, 3.8) is 0 Å². The first-order chi connectivity index (χ1) is 8.90. The largest absolute Gasteiger partial charge is 0.372 e. The molecule has 0 aliphatic carbocycles. The molecule has 0 amide bonds. The van der Waals surface area contributed by atoms with Crippen molar-refractivity contribution in [2.75, 3.05) is 13.2 Å². The van der Waals surface area contributed by atoms with Crippen LogP contribution in [0.15, 0.2) is 42.7 Å². The lowest BCUT2D eigenvalue weighted by Gasteiger charge is -2.27. The van der Waals surface area contributed by atoms with E-state index in [0.29, 0.717) is 6.54 Å². The summed E-state index contributed by atoms with van der Waals surface area (Å²) in [5, 5.41) is 0. The van der Waals surface area contributed by atoms with Gasteiger partial charge in [0, 0.05) is 24.5 Å². The van der Waals surface area contributed by atoms with Crippen LogP contribution in [0.3, 0.4) is 0 Å². The van der Waals surface area contributed by atoms with E-state index in [-0.39, 0.29) is 6.10 Å². The molecular formula is C15H16N2O. The standard InChI is InChI=1S/C15H16N2O/c16-9-14-15-11(6-8-18-14)3-1-5-13(15)12-4-2-7-17-10-12/h1-5,7,10,14H,6,8-9,16H2/t14-/m0/s1. The molecule has 0 saturated heterocycles. The number of ether oxygens (including phenoxy) is 1. The van der Waals surface area contributed by atoms with Crippen molar-refractivity contribution in [1.29, 1.82) is 0 Å². The molecule has 1 atom stereocenters. The van der Waals surface area contributed by atoms with E-state index in [4.69, 9.17) is 10.5 Å². The lowest BCUT2D eigenvalue weighted by molar-refractivity contribution is 0.0489. The number of hydrogen-bond donors (Lipinski definition) is 1. The third kappa shape index (κ3) is 1.92. The average Bonchev–Trinajstić information content (AvgIpc) is 2.47. The molecule has 2 heterocycles. The van der Waals surface area contributed by atoms with Crippen molar-refractivity contribution in [2.45, 2.75) is 12.5 Å². The number of pyridine rings is 1. The molecule has 0 spiro atoms. The van der Waals surface area contributed by atoms with Gasteiger partial charge in [-0.15, -0.1) is 0 Å². The van der Waals surface area contributed by atoms with Crippen LogP contribution in [0, 0.1) is 0 Å². The maximum atomic E-state index is 5.82. The quantitative estimate of drug-likeness (QED) is 0.876. The minimum atomic E-state index is 0.00477. The summed E-state index contributed by atoms with van der Waals surface area (Å²) in [7, 11) is 0. The molecule has 2 aromatic rings. The number of fused-ring (bicyclic) bond motifs is 1. The van der Waals surface area contributed by atoms with Gasteiger partial charge in [0.2, 0.25) is 0 Å². The second-order valence-corrected chi connectivity index (χ2v) is 4.47. The molecule has 92 valence electrons. The predicted octanol–water partition coefficient (Wildman–Crippen LogP) is 2.32. The van der Waals surface area contributed by atoms with Gasteiger partial charge in [-0.25, -0.2) is 0 Å². The van der Waals surface area contributed by atoms with E-state index in [1.165, 1.54) is 16.7 Å². The topological polar surface area (TPSA) is 48.1 Å². The third-order valence-corrected chi connectivity index (χ3v) is 3.40. The molecule has 1 aromatic carbocycles. The molecule has 1 aliphatic heterocycles. The highest BCUT2D eigenvalue weighted by atomic mass is 16.5. The zero-order valence-electron chi connectivity index (χ0n) is 10.2. The van der Waals surface area contributed by atoms with Crippen molar-refractivity contribution in [1.82, 2.24) is 4.98 Å². The average molecular weight is 240 g/mol. The summed E-state index contributed by atoms with van der Waals surface area (Å²) in [6.07, 6.45) is 4.64. The lowest BCUT2D eigenvalue weighted by Crippen LogP contribution is -2.23. The number of aromatic nitrogens is 1. The molecule has 0 radical (unpaired) electrons. The summed E-state index contributed by atoms with van der Waals surface area (Å²) in [5.74, 6) is 0. The fourth-order valence-corrected chi connectivity index (χ4v) is 2.57. The molecule has 18 heavy (non-hydrogen) atoms. The van der Waals surface area contributed by atoms with Crippen LogP contribution in [0.2, 0.25) is 0 Å². The van der Waals surface area contributed by atoms with E-state index in [1.54, 1.807) is 6.20 Å². The number of nitrogens with zero attached hydrogens (tertiary/aromatic N) is 1. The minimum absolute atomic E-state index is 0.00477. The first kappa shape index (κ1) is 11.4. The summed E-state index contributed by atoms with van der Waals surface area (Å²) in [6, 6.07) is 10.4. The van der Waals surface area contributed by atoms with Crippen molar-refractivity contribution in [3.8, 4) is 11.1 Å². The van der Waals surface area contributed by atoms with Crippen molar-refractivity contribution in [3.05, 3.63) is 53.9 Å². The number of benzene rings is 1. The van der Waals surface area contributed by atoms with Gasteiger partial charge in [-0.2, -0.15) is 0 Å². The summed E-state index contributed by atoms with van der Waals surface area (Å²) < 4.78 is 5.77. The first-order valence-electron chi connectivity index (χ1n) is 6.24. The third-order valence-electron chi connectivity index (χ3n) is 3.40. The number of rotatable bonds is 2. The van der Waals surface area contributed by atoms with Gasteiger partial charge in [-0.1, -0.05) is 24.3 Å². The van der Waals surface area contributed by atoms with Crippen LogP contribution in [-0.2, 0) is 11.2 Å². The van der Waals surface area contributed by atoms with Gasteiger partial charge in [0.1, 0.15) is 0 Å². The second kappa shape index (κ2) is 4.88. The Morgan fingerprint density at radius 1 is 1.28 bits per heavy atom. The van der Waals surface area contributed by atoms with Gasteiger partial charge in [0.25, 0.3) is 0 Å². The number of nitrogens with two attached hydrogens (primary N) is 1. The van der Waals surface area contributed by atoms with E-state index in [9.17, 15) is 0 Å². The highest BCUT2D eigenvalue weighted by Crippen LogP contribution is 2.35. The molecule has 1 aromatic heterocycles. The van der Waals surface area contributed by atoms with Crippen molar-refractivity contribution < 1.29 is 4.74 Å². The minimum Gasteiger partial charge on any atom is -0.372 e. The molecule has 1 aliphatic rings. The Kier molecular flexibility index (Phi) is 3.09. The molecule has 0 unspecified atom stereocenters. The Bertz CT molecular complexity index is 539. The van der Waals surface area contributed by atoms with Crippen molar-refractivity contribution in [2.24, 2.45) is 5.73 Å². The normalized spacial score (nSPS) is 18.4. The molecule has 3 nitrogen and oxygen atoms in total. The molecule has 3 rings (SSSR count).